The molecule has 1 amide bonds. The Bertz CT molecular complexity index is 472. The fourth-order valence-electron chi connectivity index (χ4n) is 2.61. The molecule has 0 saturated carbocycles. The number of carbonyl (C=O) groups excluding carboxylic acids is 1. The van der Waals surface area contributed by atoms with Crippen molar-refractivity contribution in [2.45, 2.75) is 19.4 Å². The van der Waals surface area contributed by atoms with Crippen LogP contribution in [0.4, 0.5) is 10.1 Å². The number of nitrogens with zero attached hydrogens (tertiary/aromatic N) is 2. The predicted octanol–water partition coefficient (Wildman–Crippen LogP) is 1.60. The minimum absolute atomic E-state index is 0.143. The van der Waals surface area contributed by atoms with Crippen molar-refractivity contribution >= 4 is 11.6 Å². The van der Waals surface area contributed by atoms with E-state index < -0.39 is 0 Å². The van der Waals surface area contributed by atoms with Crippen LogP contribution in [-0.4, -0.2) is 44.5 Å². The van der Waals surface area contributed by atoms with E-state index in [1.807, 2.05) is 23.9 Å². The van der Waals surface area contributed by atoms with Crippen LogP contribution in [0.25, 0.3) is 0 Å². The summed E-state index contributed by atoms with van der Waals surface area (Å²) >= 11 is 0. The maximum absolute atomic E-state index is 13.3. The molecular weight excluding hydrogens is 257 g/mol. The Morgan fingerprint density at radius 3 is 2.75 bits per heavy atom. The van der Waals surface area contributed by atoms with Gasteiger partial charge in [0.2, 0.25) is 5.91 Å². The van der Waals surface area contributed by atoms with Gasteiger partial charge in [0.1, 0.15) is 5.82 Å². The van der Waals surface area contributed by atoms with Crippen molar-refractivity contribution in [1.82, 2.24) is 10.2 Å². The Morgan fingerprint density at radius 1 is 1.40 bits per heavy atom. The highest BCUT2D eigenvalue weighted by atomic mass is 19.1. The summed E-state index contributed by atoms with van der Waals surface area (Å²) in [5, 5.41) is 3.03. The average molecular weight is 279 g/mol. The van der Waals surface area contributed by atoms with Crippen LogP contribution < -0.4 is 10.2 Å². The lowest BCUT2D eigenvalue weighted by Crippen LogP contribution is -2.37. The lowest BCUT2D eigenvalue weighted by Gasteiger charge is -2.25. The largest absolute Gasteiger partial charge is 0.365 e. The van der Waals surface area contributed by atoms with E-state index >= 15 is 0 Å². The van der Waals surface area contributed by atoms with Gasteiger partial charge in [0.15, 0.2) is 0 Å². The Hall–Kier alpha value is -1.62. The molecule has 1 aromatic carbocycles. The number of nitrogens with one attached hydrogen (secondary N) is 1. The fourth-order valence-corrected chi connectivity index (χ4v) is 2.61. The van der Waals surface area contributed by atoms with Crippen LogP contribution in [0.2, 0.25) is 0 Å². The Kier molecular flexibility index (Phi) is 4.95. The molecule has 5 heteroatoms. The first-order valence-electron chi connectivity index (χ1n) is 7.03. The van der Waals surface area contributed by atoms with Crippen LogP contribution >= 0.6 is 0 Å². The third-order valence-electron chi connectivity index (χ3n) is 3.65. The fraction of sp³-hybridized carbons (Fsp3) is 0.533. The van der Waals surface area contributed by atoms with E-state index in [1.54, 1.807) is 6.07 Å². The maximum Gasteiger partial charge on any atom is 0.242 e. The molecule has 110 valence electrons. The zero-order chi connectivity index (χ0) is 14.5. The van der Waals surface area contributed by atoms with Gasteiger partial charge in [0, 0.05) is 32.4 Å². The van der Waals surface area contributed by atoms with Gasteiger partial charge < -0.3 is 15.1 Å². The molecule has 0 bridgehead atoms. The second-order valence-corrected chi connectivity index (χ2v) is 5.25. The zero-order valence-corrected chi connectivity index (χ0v) is 12.2. The zero-order valence-electron chi connectivity index (χ0n) is 12.2. The van der Waals surface area contributed by atoms with Gasteiger partial charge in [-0.3, -0.25) is 4.79 Å². The summed E-state index contributed by atoms with van der Waals surface area (Å²) in [6, 6.07) is 4.69. The molecule has 0 radical (unpaired) electrons. The first-order chi connectivity index (χ1) is 9.61. The van der Waals surface area contributed by atoms with Gasteiger partial charge in [-0.15, -0.1) is 0 Å². The quantitative estimate of drug-likeness (QED) is 0.889. The number of hydrogen-bond donors (Lipinski definition) is 1. The predicted molar refractivity (Wildman–Crippen MR) is 78.2 cm³/mol. The molecule has 0 aromatic heterocycles. The molecule has 0 aliphatic carbocycles. The molecule has 0 spiro atoms. The molecule has 1 heterocycles. The van der Waals surface area contributed by atoms with Crippen molar-refractivity contribution < 1.29 is 9.18 Å². The highest BCUT2D eigenvalue weighted by molar-refractivity contribution is 5.81. The van der Waals surface area contributed by atoms with Crippen LogP contribution in [-0.2, 0) is 11.3 Å². The van der Waals surface area contributed by atoms with E-state index in [0.29, 0.717) is 13.1 Å². The van der Waals surface area contributed by atoms with Crippen LogP contribution in [0.5, 0.6) is 0 Å². The summed E-state index contributed by atoms with van der Waals surface area (Å²) in [5.41, 5.74) is 1.76. The minimum atomic E-state index is -0.252. The standard InChI is InChI=1S/C15H22FN3O/c1-17-10-12-9-13(16)5-6-14(12)18(2)11-15(20)19-7-3-4-8-19/h5-6,9,17H,3-4,7-8,10-11H2,1-2H3. The average Bonchev–Trinajstić information content (AvgIpc) is 2.93. The molecule has 1 saturated heterocycles. The maximum atomic E-state index is 13.3. The number of anilines is 1. The van der Waals surface area contributed by atoms with E-state index in [0.717, 1.165) is 37.2 Å². The molecule has 1 aromatic rings. The third kappa shape index (κ3) is 3.48. The van der Waals surface area contributed by atoms with Gasteiger partial charge in [-0.1, -0.05) is 0 Å². The highest BCUT2D eigenvalue weighted by Gasteiger charge is 2.20. The number of carbonyl (C=O) groups is 1. The van der Waals surface area contributed by atoms with E-state index in [9.17, 15) is 9.18 Å². The van der Waals surface area contributed by atoms with Gasteiger partial charge in [-0.05, 0) is 43.7 Å². The van der Waals surface area contributed by atoms with Crippen LogP contribution in [0.15, 0.2) is 18.2 Å². The summed E-state index contributed by atoms with van der Waals surface area (Å²) in [6.07, 6.45) is 2.19. The molecular formula is C15H22FN3O. The number of likely N-dealkylation sites (tertiary alicyclic amines) is 1. The molecule has 1 fully saturated rings. The van der Waals surface area contributed by atoms with E-state index in [2.05, 4.69) is 5.32 Å². The van der Waals surface area contributed by atoms with E-state index in [1.165, 1.54) is 12.1 Å². The molecule has 2 rings (SSSR count). The Labute approximate surface area is 119 Å². The number of likely N-dealkylation sites (N-methyl/N-ethyl adjacent to an activating group) is 1. The number of halogens is 1. The SMILES string of the molecule is CNCc1cc(F)ccc1N(C)CC(=O)N1CCCC1. The van der Waals surface area contributed by atoms with Gasteiger partial charge in [-0.2, -0.15) is 0 Å². The number of hydrogen-bond acceptors (Lipinski definition) is 3. The van der Waals surface area contributed by atoms with Crippen molar-refractivity contribution in [2.24, 2.45) is 0 Å². The summed E-state index contributed by atoms with van der Waals surface area (Å²) < 4.78 is 13.3. The molecule has 0 unspecified atom stereocenters. The minimum Gasteiger partial charge on any atom is -0.365 e. The van der Waals surface area contributed by atoms with Crippen molar-refractivity contribution in [1.29, 1.82) is 0 Å². The summed E-state index contributed by atoms with van der Waals surface area (Å²) in [6.45, 7) is 2.64. The highest BCUT2D eigenvalue weighted by Crippen LogP contribution is 2.21. The van der Waals surface area contributed by atoms with Gasteiger partial charge in [0.05, 0.1) is 6.54 Å². The Morgan fingerprint density at radius 2 is 2.10 bits per heavy atom. The smallest absolute Gasteiger partial charge is 0.242 e. The monoisotopic (exact) mass is 279 g/mol. The first-order valence-corrected chi connectivity index (χ1v) is 7.03. The van der Waals surface area contributed by atoms with Crippen LogP contribution in [0.1, 0.15) is 18.4 Å². The molecule has 4 nitrogen and oxygen atoms in total. The lowest BCUT2D eigenvalue weighted by atomic mass is 10.1. The molecule has 1 aliphatic heterocycles. The molecule has 1 aliphatic rings. The summed E-state index contributed by atoms with van der Waals surface area (Å²) in [4.78, 5) is 16.0. The second kappa shape index (κ2) is 6.70. The van der Waals surface area contributed by atoms with Gasteiger partial charge in [-0.25, -0.2) is 4.39 Å². The lowest BCUT2D eigenvalue weighted by molar-refractivity contribution is -0.128. The molecule has 20 heavy (non-hydrogen) atoms. The van der Waals surface area contributed by atoms with Crippen LogP contribution in [0.3, 0.4) is 0 Å². The number of rotatable bonds is 5. The summed E-state index contributed by atoms with van der Waals surface area (Å²) in [7, 11) is 3.70. The van der Waals surface area contributed by atoms with Crippen molar-refractivity contribution in [3.63, 3.8) is 0 Å². The van der Waals surface area contributed by atoms with Gasteiger partial charge in [0.25, 0.3) is 0 Å². The van der Waals surface area contributed by atoms with Crippen molar-refractivity contribution in [2.75, 3.05) is 38.6 Å². The first kappa shape index (κ1) is 14.8. The van der Waals surface area contributed by atoms with Crippen LogP contribution in [0, 0.1) is 5.82 Å². The number of benzene rings is 1. The second-order valence-electron chi connectivity index (χ2n) is 5.25. The topological polar surface area (TPSA) is 35.6 Å². The Balaban J connectivity index is 2.07. The van der Waals surface area contributed by atoms with Crippen molar-refractivity contribution in [3.8, 4) is 0 Å². The third-order valence-corrected chi connectivity index (χ3v) is 3.65. The van der Waals surface area contributed by atoms with Crippen molar-refractivity contribution in [3.05, 3.63) is 29.6 Å². The van der Waals surface area contributed by atoms with Gasteiger partial charge >= 0.3 is 0 Å². The van der Waals surface area contributed by atoms with E-state index in [4.69, 9.17) is 0 Å². The molecule has 0 atom stereocenters. The van der Waals surface area contributed by atoms with E-state index in [-0.39, 0.29) is 11.7 Å². The normalized spacial score (nSPS) is 14.7. The summed E-state index contributed by atoms with van der Waals surface area (Å²) in [5.74, 6) is -0.108. The number of amides is 1. The molecule has 1 N–H and O–H groups in total.